The topological polar surface area (TPSA) is 26.0 Å². The van der Waals surface area contributed by atoms with Gasteiger partial charge in [-0.1, -0.05) is 12.1 Å². The maximum absolute atomic E-state index is 12.9. The average molecular weight is 179 g/mol. The first-order chi connectivity index (χ1) is 6.25. The zero-order valence-electron chi connectivity index (χ0n) is 7.54. The van der Waals surface area contributed by atoms with Crippen molar-refractivity contribution < 1.29 is 4.39 Å². The van der Waals surface area contributed by atoms with Crippen molar-refractivity contribution in [3.63, 3.8) is 0 Å². The van der Waals surface area contributed by atoms with Crippen molar-refractivity contribution in [1.82, 2.24) is 0 Å². The van der Waals surface area contributed by atoms with Crippen molar-refractivity contribution in [3.05, 3.63) is 35.6 Å². The molecule has 1 unspecified atom stereocenters. The molecular weight excluding hydrogens is 165 g/mol. The third-order valence-electron chi connectivity index (χ3n) is 2.79. The highest BCUT2D eigenvalue weighted by Gasteiger charge is 2.22. The van der Waals surface area contributed by atoms with Crippen LogP contribution < -0.4 is 5.73 Å². The number of rotatable bonds is 1. The maximum Gasteiger partial charge on any atom is 0.123 e. The molecule has 1 aromatic carbocycles. The summed E-state index contributed by atoms with van der Waals surface area (Å²) in [5.74, 6) is 0.337. The lowest BCUT2D eigenvalue weighted by Gasteiger charge is -2.09. The Hall–Kier alpha value is -0.890. The Morgan fingerprint density at radius 1 is 1.31 bits per heavy atom. The van der Waals surface area contributed by atoms with Gasteiger partial charge in [-0.05, 0) is 42.9 Å². The predicted molar refractivity (Wildman–Crippen MR) is 51.0 cm³/mol. The molecule has 70 valence electrons. The zero-order chi connectivity index (χ0) is 9.26. The number of hydrogen-bond donors (Lipinski definition) is 1. The molecule has 2 rings (SSSR count). The molecule has 1 aliphatic carbocycles. The fourth-order valence-corrected chi connectivity index (χ4v) is 2.08. The minimum atomic E-state index is -0.141. The maximum atomic E-state index is 12.9. The van der Waals surface area contributed by atoms with E-state index in [1.807, 2.05) is 6.07 Å². The van der Waals surface area contributed by atoms with Crippen LogP contribution in [0.2, 0.25) is 0 Å². The molecule has 0 amide bonds. The van der Waals surface area contributed by atoms with Crippen LogP contribution in [-0.4, -0.2) is 6.04 Å². The summed E-state index contributed by atoms with van der Waals surface area (Å²) in [6.45, 7) is 0. The minimum absolute atomic E-state index is 0.141. The van der Waals surface area contributed by atoms with Gasteiger partial charge in [0, 0.05) is 6.04 Å². The molecule has 0 aliphatic heterocycles. The molecule has 2 N–H and O–H groups in total. The largest absolute Gasteiger partial charge is 0.328 e. The van der Waals surface area contributed by atoms with E-state index in [1.165, 1.54) is 6.07 Å². The van der Waals surface area contributed by atoms with Crippen molar-refractivity contribution >= 4 is 0 Å². The fourth-order valence-electron chi connectivity index (χ4n) is 2.08. The lowest BCUT2D eigenvalue weighted by molar-refractivity contribution is 0.616. The second kappa shape index (κ2) is 3.46. The normalized spacial score (nSPS) is 27.8. The summed E-state index contributed by atoms with van der Waals surface area (Å²) in [7, 11) is 0. The van der Waals surface area contributed by atoms with Crippen molar-refractivity contribution in [2.75, 3.05) is 0 Å². The van der Waals surface area contributed by atoms with E-state index in [-0.39, 0.29) is 5.82 Å². The van der Waals surface area contributed by atoms with Crippen LogP contribution in [0.5, 0.6) is 0 Å². The molecule has 2 heteroatoms. The summed E-state index contributed by atoms with van der Waals surface area (Å²) >= 11 is 0. The van der Waals surface area contributed by atoms with Crippen LogP contribution in [0.25, 0.3) is 0 Å². The van der Waals surface area contributed by atoms with Gasteiger partial charge in [0.2, 0.25) is 0 Å². The summed E-state index contributed by atoms with van der Waals surface area (Å²) in [4.78, 5) is 0. The first-order valence-corrected chi connectivity index (χ1v) is 4.77. The molecule has 1 fully saturated rings. The third-order valence-corrected chi connectivity index (χ3v) is 2.79. The molecule has 0 heterocycles. The predicted octanol–water partition coefficient (Wildman–Crippen LogP) is 2.42. The zero-order valence-corrected chi connectivity index (χ0v) is 7.54. The van der Waals surface area contributed by atoms with Gasteiger partial charge >= 0.3 is 0 Å². The van der Waals surface area contributed by atoms with E-state index in [2.05, 4.69) is 0 Å². The summed E-state index contributed by atoms with van der Waals surface area (Å²) in [6.07, 6.45) is 3.18. The second-order valence-corrected chi connectivity index (χ2v) is 3.83. The van der Waals surface area contributed by atoms with Crippen LogP contribution in [0.1, 0.15) is 30.7 Å². The Labute approximate surface area is 77.8 Å². The highest BCUT2D eigenvalue weighted by Crippen LogP contribution is 2.33. The lowest BCUT2D eigenvalue weighted by Crippen LogP contribution is -2.14. The molecule has 13 heavy (non-hydrogen) atoms. The second-order valence-electron chi connectivity index (χ2n) is 3.83. The van der Waals surface area contributed by atoms with Gasteiger partial charge in [0.25, 0.3) is 0 Å². The lowest BCUT2D eigenvalue weighted by atomic mass is 9.97. The molecule has 0 spiro atoms. The average Bonchev–Trinajstić information content (AvgIpc) is 2.52. The van der Waals surface area contributed by atoms with E-state index in [0.717, 1.165) is 24.8 Å². The molecule has 0 saturated heterocycles. The van der Waals surface area contributed by atoms with Crippen LogP contribution in [0.4, 0.5) is 4.39 Å². The van der Waals surface area contributed by atoms with Crippen molar-refractivity contribution in [2.24, 2.45) is 5.73 Å². The van der Waals surface area contributed by atoms with E-state index in [0.29, 0.717) is 12.0 Å². The molecule has 0 bridgehead atoms. The first-order valence-electron chi connectivity index (χ1n) is 4.77. The van der Waals surface area contributed by atoms with Crippen LogP contribution in [-0.2, 0) is 0 Å². The van der Waals surface area contributed by atoms with Crippen molar-refractivity contribution in [1.29, 1.82) is 0 Å². The fraction of sp³-hybridized carbons (Fsp3) is 0.455. The first kappa shape index (κ1) is 8.70. The summed E-state index contributed by atoms with van der Waals surface area (Å²) < 4.78 is 12.9. The molecule has 1 aliphatic rings. The molecule has 0 radical (unpaired) electrons. The minimum Gasteiger partial charge on any atom is -0.328 e. The van der Waals surface area contributed by atoms with Crippen LogP contribution >= 0.6 is 0 Å². The Balaban J connectivity index is 2.16. The monoisotopic (exact) mass is 179 g/mol. The number of nitrogens with two attached hydrogens (primary N) is 1. The van der Waals surface area contributed by atoms with E-state index < -0.39 is 0 Å². The van der Waals surface area contributed by atoms with Gasteiger partial charge in [-0.15, -0.1) is 0 Å². The summed E-state index contributed by atoms with van der Waals surface area (Å²) in [5, 5.41) is 0. The van der Waals surface area contributed by atoms with E-state index in [9.17, 15) is 4.39 Å². The summed E-state index contributed by atoms with van der Waals surface area (Å²) in [5.41, 5.74) is 6.91. The van der Waals surface area contributed by atoms with Gasteiger partial charge in [-0.25, -0.2) is 4.39 Å². The smallest absolute Gasteiger partial charge is 0.123 e. The Morgan fingerprint density at radius 3 is 2.77 bits per heavy atom. The number of hydrogen-bond acceptors (Lipinski definition) is 1. The highest BCUT2D eigenvalue weighted by atomic mass is 19.1. The molecule has 2 atom stereocenters. The Kier molecular flexibility index (Phi) is 2.32. The van der Waals surface area contributed by atoms with Crippen LogP contribution in [0.3, 0.4) is 0 Å². The van der Waals surface area contributed by atoms with Crippen molar-refractivity contribution in [2.45, 2.75) is 31.2 Å². The number of halogens is 1. The Bertz CT molecular complexity index is 298. The highest BCUT2D eigenvalue weighted by molar-refractivity contribution is 5.22. The van der Waals surface area contributed by atoms with Gasteiger partial charge < -0.3 is 5.73 Å². The van der Waals surface area contributed by atoms with Gasteiger partial charge in [0.05, 0.1) is 0 Å². The van der Waals surface area contributed by atoms with Crippen molar-refractivity contribution in [3.8, 4) is 0 Å². The van der Waals surface area contributed by atoms with E-state index in [4.69, 9.17) is 5.73 Å². The molecule has 1 aromatic rings. The van der Waals surface area contributed by atoms with E-state index >= 15 is 0 Å². The molecular formula is C11H14FN. The third kappa shape index (κ3) is 1.89. The molecule has 1 saturated carbocycles. The quantitative estimate of drug-likeness (QED) is 0.704. The van der Waals surface area contributed by atoms with Gasteiger partial charge in [0.1, 0.15) is 5.82 Å². The van der Waals surface area contributed by atoms with Gasteiger partial charge in [-0.2, -0.15) is 0 Å². The molecule has 0 aromatic heterocycles. The van der Waals surface area contributed by atoms with Gasteiger partial charge in [-0.3, -0.25) is 0 Å². The number of benzene rings is 1. The van der Waals surface area contributed by atoms with Crippen LogP contribution in [0, 0.1) is 5.82 Å². The molecule has 1 nitrogen and oxygen atoms in total. The summed E-state index contributed by atoms with van der Waals surface area (Å²) in [6, 6.07) is 7.19. The standard InChI is InChI=1S/C11H14FN/c12-10-3-1-2-8(6-10)9-4-5-11(13)7-9/h1-3,6,9,11H,4-5,7,13H2/t9-,11?/m1/s1. The SMILES string of the molecule is NC1CC[C@@H](c2cccc(F)c2)C1. The van der Waals surface area contributed by atoms with E-state index in [1.54, 1.807) is 12.1 Å². The Morgan fingerprint density at radius 2 is 2.15 bits per heavy atom. The van der Waals surface area contributed by atoms with Gasteiger partial charge in [0.15, 0.2) is 0 Å². The van der Waals surface area contributed by atoms with Crippen LogP contribution in [0.15, 0.2) is 24.3 Å².